The second kappa shape index (κ2) is 9.17. The number of hydrogen-bond acceptors (Lipinski definition) is 7. The number of carbonyl (C=O) groups excluding carboxylic acids is 2. The molecule has 1 N–H and O–H groups in total. The summed E-state index contributed by atoms with van der Waals surface area (Å²) < 4.78 is 10.7. The zero-order valence-corrected chi connectivity index (χ0v) is 18.3. The van der Waals surface area contributed by atoms with E-state index in [0.29, 0.717) is 41.7 Å². The molecular formula is C23H25N5O4. The molecule has 1 fully saturated rings. The molecule has 0 radical (unpaired) electrons. The fraction of sp³-hybridized carbons (Fsp3) is 0.348. The van der Waals surface area contributed by atoms with Crippen molar-refractivity contribution in [1.82, 2.24) is 25.3 Å². The van der Waals surface area contributed by atoms with Crippen LogP contribution >= 0.6 is 0 Å². The van der Waals surface area contributed by atoms with Gasteiger partial charge in [0.05, 0.1) is 18.4 Å². The summed E-state index contributed by atoms with van der Waals surface area (Å²) in [6.45, 7) is 2.90. The molecule has 0 bridgehead atoms. The number of aromatic nitrogens is 3. The number of ether oxygens (including phenoxy) is 1. The maximum absolute atomic E-state index is 13.1. The molecule has 4 rings (SSSR count). The second-order valence-corrected chi connectivity index (χ2v) is 7.71. The molecule has 1 aromatic carbocycles. The summed E-state index contributed by atoms with van der Waals surface area (Å²) in [7, 11) is 3.17. The molecule has 2 aromatic heterocycles. The molecule has 1 aliphatic heterocycles. The van der Waals surface area contributed by atoms with E-state index < -0.39 is 0 Å². The molecule has 2 amide bonds. The van der Waals surface area contributed by atoms with Gasteiger partial charge >= 0.3 is 0 Å². The van der Waals surface area contributed by atoms with E-state index in [1.165, 1.54) is 0 Å². The summed E-state index contributed by atoms with van der Waals surface area (Å²) >= 11 is 0. The Labute approximate surface area is 185 Å². The number of amides is 2. The summed E-state index contributed by atoms with van der Waals surface area (Å²) in [5.74, 6) is 1.44. The Balaban J connectivity index is 1.49. The van der Waals surface area contributed by atoms with Gasteiger partial charge in [0.1, 0.15) is 11.6 Å². The average Bonchev–Trinajstić information content (AvgIpc) is 3.33. The van der Waals surface area contributed by atoms with Crippen molar-refractivity contribution >= 4 is 11.8 Å². The van der Waals surface area contributed by atoms with Crippen molar-refractivity contribution in [3.63, 3.8) is 0 Å². The maximum Gasteiger partial charge on any atom is 0.276 e. The molecule has 1 atom stereocenters. The number of rotatable bonds is 5. The first-order valence-corrected chi connectivity index (χ1v) is 10.5. The highest BCUT2D eigenvalue weighted by Crippen LogP contribution is 2.28. The minimum atomic E-state index is -0.215. The summed E-state index contributed by atoms with van der Waals surface area (Å²) in [6, 6.07) is 9.04. The predicted molar refractivity (Wildman–Crippen MR) is 117 cm³/mol. The molecule has 1 unspecified atom stereocenters. The number of likely N-dealkylation sites (tertiary alicyclic amines) is 1. The number of nitrogens with one attached hydrogen (secondary N) is 1. The third-order valence-corrected chi connectivity index (χ3v) is 5.63. The van der Waals surface area contributed by atoms with Gasteiger partial charge < -0.3 is 19.5 Å². The first-order valence-electron chi connectivity index (χ1n) is 10.5. The van der Waals surface area contributed by atoms with Crippen LogP contribution in [0.2, 0.25) is 0 Å². The smallest absolute Gasteiger partial charge is 0.276 e. The summed E-state index contributed by atoms with van der Waals surface area (Å²) in [5.41, 5.74) is 2.12. The lowest BCUT2D eigenvalue weighted by Crippen LogP contribution is -2.39. The minimum absolute atomic E-state index is 0.00473. The van der Waals surface area contributed by atoms with E-state index in [-0.39, 0.29) is 23.4 Å². The summed E-state index contributed by atoms with van der Waals surface area (Å²) in [4.78, 5) is 35.7. The number of piperidine rings is 1. The van der Waals surface area contributed by atoms with Crippen LogP contribution in [-0.4, -0.2) is 59.1 Å². The molecule has 3 heterocycles. The van der Waals surface area contributed by atoms with Crippen molar-refractivity contribution in [1.29, 1.82) is 0 Å². The van der Waals surface area contributed by atoms with Crippen LogP contribution in [0.3, 0.4) is 0 Å². The monoisotopic (exact) mass is 435 g/mol. The van der Waals surface area contributed by atoms with Gasteiger partial charge in [-0.25, -0.2) is 9.97 Å². The Bertz CT molecular complexity index is 1140. The molecule has 0 aliphatic carbocycles. The van der Waals surface area contributed by atoms with Gasteiger partial charge in [-0.05, 0) is 31.9 Å². The van der Waals surface area contributed by atoms with Gasteiger partial charge in [-0.3, -0.25) is 9.59 Å². The Kier molecular flexibility index (Phi) is 6.16. The van der Waals surface area contributed by atoms with Gasteiger partial charge in [-0.15, -0.1) is 0 Å². The number of aryl methyl sites for hydroxylation is 1. The highest BCUT2D eigenvalue weighted by molar-refractivity contribution is 5.94. The SMILES string of the molecule is CNC(=O)c1cnc(C2CCCN(C(=O)c3cc(-c4cccc(OC)c4)on3)C2)nc1C. The van der Waals surface area contributed by atoms with Gasteiger partial charge in [-0.2, -0.15) is 0 Å². The topological polar surface area (TPSA) is 110 Å². The molecule has 0 spiro atoms. The highest BCUT2D eigenvalue weighted by Gasteiger charge is 2.29. The lowest BCUT2D eigenvalue weighted by atomic mass is 9.96. The van der Waals surface area contributed by atoms with Crippen molar-refractivity contribution in [3.05, 3.63) is 59.3 Å². The lowest BCUT2D eigenvalue weighted by molar-refractivity contribution is 0.0694. The van der Waals surface area contributed by atoms with Crippen LogP contribution in [0.15, 0.2) is 41.1 Å². The Hall–Kier alpha value is -3.75. The fourth-order valence-corrected chi connectivity index (χ4v) is 3.86. The molecule has 32 heavy (non-hydrogen) atoms. The van der Waals surface area contributed by atoms with Crippen LogP contribution in [0.25, 0.3) is 11.3 Å². The Morgan fingerprint density at radius 3 is 2.88 bits per heavy atom. The second-order valence-electron chi connectivity index (χ2n) is 7.71. The van der Waals surface area contributed by atoms with Crippen LogP contribution in [0.4, 0.5) is 0 Å². The van der Waals surface area contributed by atoms with E-state index in [1.54, 1.807) is 38.2 Å². The quantitative estimate of drug-likeness (QED) is 0.656. The van der Waals surface area contributed by atoms with Gasteiger partial charge in [0, 0.05) is 43.9 Å². The molecule has 1 aliphatic rings. The van der Waals surface area contributed by atoms with Crippen molar-refractivity contribution in [2.24, 2.45) is 0 Å². The average molecular weight is 435 g/mol. The zero-order chi connectivity index (χ0) is 22.7. The van der Waals surface area contributed by atoms with Crippen LogP contribution in [0, 0.1) is 6.92 Å². The van der Waals surface area contributed by atoms with Gasteiger partial charge in [0.25, 0.3) is 11.8 Å². The summed E-state index contributed by atoms with van der Waals surface area (Å²) in [6.07, 6.45) is 3.25. The number of methoxy groups -OCH3 is 1. The third kappa shape index (κ3) is 4.32. The van der Waals surface area contributed by atoms with E-state index in [4.69, 9.17) is 9.26 Å². The van der Waals surface area contributed by atoms with Crippen molar-refractivity contribution in [3.8, 4) is 17.1 Å². The van der Waals surface area contributed by atoms with E-state index in [1.807, 2.05) is 24.3 Å². The standard InChI is InChI=1S/C23H25N5O4/c1-14-18(22(29)24-2)12-25-21(26-14)16-7-5-9-28(13-16)23(30)19-11-20(32-27-19)15-6-4-8-17(10-15)31-3/h4,6,8,10-12,16H,5,7,9,13H2,1-3H3,(H,24,29). The molecule has 0 saturated carbocycles. The van der Waals surface area contributed by atoms with E-state index in [2.05, 4.69) is 20.4 Å². The summed E-state index contributed by atoms with van der Waals surface area (Å²) in [5, 5.41) is 6.58. The molecular weight excluding hydrogens is 410 g/mol. The number of benzene rings is 1. The molecule has 9 nitrogen and oxygen atoms in total. The Morgan fingerprint density at radius 1 is 1.28 bits per heavy atom. The molecule has 166 valence electrons. The van der Waals surface area contributed by atoms with Crippen molar-refractivity contribution < 1.29 is 18.8 Å². The van der Waals surface area contributed by atoms with Gasteiger partial charge in [0.2, 0.25) is 0 Å². The largest absolute Gasteiger partial charge is 0.497 e. The zero-order valence-electron chi connectivity index (χ0n) is 18.3. The Morgan fingerprint density at radius 2 is 2.12 bits per heavy atom. The maximum atomic E-state index is 13.1. The molecule has 9 heteroatoms. The lowest BCUT2D eigenvalue weighted by Gasteiger charge is -2.31. The van der Waals surface area contributed by atoms with Crippen molar-refractivity contribution in [2.45, 2.75) is 25.7 Å². The minimum Gasteiger partial charge on any atom is -0.497 e. The normalized spacial score (nSPS) is 16.0. The first-order chi connectivity index (χ1) is 15.5. The third-order valence-electron chi connectivity index (χ3n) is 5.63. The van der Waals surface area contributed by atoms with E-state index in [0.717, 1.165) is 18.4 Å². The van der Waals surface area contributed by atoms with Crippen LogP contribution in [0.1, 0.15) is 51.1 Å². The van der Waals surface area contributed by atoms with Crippen LogP contribution < -0.4 is 10.1 Å². The van der Waals surface area contributed by atoms with Gasteiger partial charge in [-0.1, -0.05) is 17.3 Å². The number of hydrogen-bond donors (Lipinski definition) is 1. The van der Waals surface area contributed by atoms with E-state index >= 15 is 0 Å². The van der Waals surface area contributed by atoms with Crippen LogP contribution in [0.5, 0.6) is 5.75 Å². The predicted octanol–water partition coefficient (Wildman–Crippen LogP) is 2.83. The van der Waals surface area contributed by atoms with Gasteiger partial charge in [0.15, 0.2) is 11.5 Å². The highest BCUT2D eigenvalue weighted by atomic mass is 16.5. The first kappa shape index (κ1) is 21.5. The number of carbonyl (C=O) groups is 2. The fourth-order valence-electron chi connectivity index (χ4n) is 3.86. The molecule has 3 aromatic rings. The van der Waals surface area contributed by atoms with Crippen molar-refractivity contribution in [2.75, 3.05) is 27.2 Å². The van der Waals surface area contributed by atoms with E-state index in [9.17, 15) is 9.59 Å². The molecule has 1 saturated heterocycles. The number of nitrogens with zero attached hydrogens (tertiary/aromatic N) is 4. The van der Waals surface area contributed by atoms with Crippen LogP contribution in [-0.2, 0) is 0 Å².